The normalized spacial score (nSPS) is 17.8. The van der Waals surface area contributed by atoms with Crippen molar-refractivity contribution >= 4 is 0 Å². The molecular weight excluding hydrogens is 282 g/mol. The van der Waals surface area contributed by atoms with Crippen LogP contribution in [0.15, 0.2) is 24.5 Å². The maximum atomic E-state index is 5.39. The summed E-state index contributed by atoms with van der Waals surface area (Å²) in [4.78, 5) is 6.54. The fourth-order valence-corrected chi connectivity index (χ4v) is 3.18. The second-order valence-corrected chi connectivity index (χ2v) is 6.69. The number of hydrogen-bond donors (Lipinski definition) is 1. The summed E-state index contributed by atoms with van der Waals surface area (Å²) >= 11 is 0. The Morgan fingerprint density at radius 3 is 2.35 bits per heavy atom. The summed E-state index contributed by atoms with van der Waals surface area (Å²) in [6.07, 6.45) is 17.4. The standard InChI is InChI=1S/C10H14N2.C10H23N/c1-12-7-3-5-10(12)9-4-2-6-11-8-9;1-2-3-4-5-6-7-8-9-10-11/h2,4,6,8,10H,3,5,7H2,1H3;2-11H2,1H3. The number of likely N-dealkylation sites (tertiary alicyclic amines) is 1. The molecule has 3 heteroatoms. The third-order valence-electron chi connectivity index (χ3n) is 4.65. The van der Waals surface area contributed by atoms with E-state index in [4.69, 9.17) is 5.73 Å². The molecule has 1 aromatic rings. The molecule has 0 aliphatic carbocycles. The highest BCUT2D eigenvalue weighted by molar-refractivity contribution is 5.14. The van der Waals surface area contributed by atoms with Gasteiger partial charge in [-0.2, -0.15) is 0 Å². The summed E-state index contributed by atoms with van der Waals surface area (Å²) in [5, 5.41) is 0. The second-order valence-electron chi connectivity index (χ2n) is 6.69. The molecule has 2 rings (SSSR count). The summed E-state index contributed by atoms with van der Waals surface area (Å²) in [6, 6.07) is 4.79. The van der Waals surface area contributed by atoms with Crippen molar-refractivity contribution in [1.29, 1.82) is 0 Å². The fraction of sp³-hybridized carbons (Fsp3) is 0.750. The Morgan fingerprint density at radius 1 is 1.13 bits per heavy atom. The van der Waals surface area contributed by atoms with E-state index in [1.807, 2.05) is 18.5 Å². The Hall–Kier alpha value is -0.930. The van der Waals surface area contributed by atoms with E-state index in [9.17, 15) is 0 Å². The third-order valence-corrected chi connectivity index (χ3v) is 4.65. The van der Waals surface area contributed by atoms with E-state index in [2.05, 4.69) is 29.9 Å². The first-order chi connectivity index (χ1) is 11.3. The fourth-order valence-electron chi connectivity index (χ4n) is 3.18. The van der Waals surface area contributed by atoms with Crippen LogP contribution in [-0.4, -0.2) is 30.0 Å². The van der Waals surface area contributed by atoms with Crippen LogP contribution in [0.3, 0.4) is 0 Å². The summed E-state index contributed by atoms with van der Waals surface area (Å²) in [5.74, 6) is 0. The van der Waals surface area contributed by atoms with Gasteiger partial charge in [0.25, 0.3) is 0 Å². The van der Waals surface area contributed by atoms with Crippen LogP contribution in [-0.2, 0) is 0 Å². The largest absolute Gasteiger partial charge is 0.330 e. The SMILES string of the molecule is CCCCCCCCCCN.CN1CCCC1c1cccnc1. The number of aromatic nitrogens is 1. The van der Waals surface area contributed by atoms with Crippen LogP contribution in [0.1, 0.15) is 82.7 Å². The number of pyridine rings is 1. The van der Waals surface area contributed by atoms with E-state index in [1.165, 1.54) is 76.3 Å². The van der Waals surface area contributed by atoms with E-state index in [0.29, 0.717) is 6.04 Å². The van der Waals surface area contributed by atoms with Crippen molar-refractivity contribution in [1.82, 2.24) is 9.88 Å². The Kier molecular flexibility index (Phi) is 11.8. The van der Waals surface area contributed by atoms with Gasteiger partial charge in [0.1, 0.15) is 0 Å². The maximum absolute atomic E-state index is 5.39. The molecule has 1 saturated heterocycles. The van der Waals surface area contributed by atoms with E-state index >= 15 is 0 Å². The second kappa shape index (κ2) is 13.5. The van der Waals surface area contributed by atoms with Crippen LogP contribution >= 0.6 is 0 Å². The lowest BCUT2D eigenvalue weighted by Gasteiger charge is -2.18. The van der Waals surface area contributed by atoms with Crippen molar-refractivity contribution in [3.8, 4) is 0 Å². The van der Waals surface area contributed by atoms with Gasteiger partial charge in [-0.15, -0.1) is 0 Å². The van der Waals surface area contributed by atoms with E-state index < -0.39 is 0 Å². The van der Waals surface area contributed by atoms with Crippen LogP contribution in [0.2, 0.25) is 0 Å². The maximum Gasteiger partial charge on any atom is 0.0360 e. The smallest absolute Gasteiger partial charge is 0.0360 e. The monoisotopic (exact) mass is 319 g/mol. The van der Waals surface area contributed by atoms with Crippen molar-refractivity contribution in [2.75, 3.05) is 20.1 Å². The predicted octanol–water partition coefficient (Wildman–Crippen LogP) is 4.93. The van der Waals surface area contributed by atoms with Crippen LogP contribution < -0.4 is 5.73 Å². The highest BCUT2D eigenvalue weighted by Gasteiger charge is 2.21. The van der Waals surface area contributed by atoms with Gasteiger partial charge in [-0.3, -0.25) is 9.88 Å². The number of nitrogens with two attached hydrogens (primary N) is 1. The number of rotatable bonds is 9. The minimum atomic E-state index is 0.610. The molecule has 0 amide bonds. The minimum absolute atomic E-state index is 0.610. The van der Waals surface area contributed by atoms with Gasteiger partial charge in [0.15, 0.2) is 0 Å². The highest BCUT2D eigenvalue weighted by atomic mass is 15.1. The van der Waals surface area contributed by atoms with Crippen molar-refractivity contribution in [2.24, 2.45) is 5.73 Å². The average Bonchev–Trinajstić information content (AvgIpc) is 3.02. The van der Waals surface area contributed by atoms with E-state index in [-0.39, 0.29) is 0 Å². The molecule has 2 heterocycles. The van der Waals surface area contributed by atoms with E-state index in [0.717, 1.165) is 6.54 Å². The van der Waals surface area contributed by atoms with Crippen molar-refractivity contribution in [3.63, 3.8) is 0 Å². The first kappa shape index (κ1) is 20.1. The lowest BCUT2D eigenvalue weighted by molar-refractivity contribution is 0.317. The van der Waals surface area contributed by atoms with Gasteiger partial charge < -0.3 is 5.73 Å². The van der Waals surface area contributed by atoms with Crippen LogP contribution in [0, 0.1) is 0 Å². The lowest BCUT2D eigenvalue weighted by Crippen LogP contribution is -2.17. The molecule has 1 atom stereocenters. The van der Waals surface area contributed by atoms with Crippen molar-refractivity contribution in [2.45, 2.75) is 77.2 Å². The topological polar surface area (TPSA) is 42.1 Å². The van der Waals surface area contributed by atoms with Gasteiger partial charge in [0, 0.05) is 18.4 Å². The zero-order valence-electron chi connectivity index (χ0n) is 15.3. The quantitative estimate of drug-likeness (QED) is 0.656. The molecule has 3 nitrogen and oxygen atoms in total. The van der Waals surface area contributed by atoms with Gasteiger partial charge in [0.2, 0.25) is 0 Å². The molecule has 1 fully saturated rings. The van der Waals surface area contributed by atoms with Gasteiger partial charge in [-0.1, -0.05) is 57.9 Å². The number of hydrogen-bond acceptors (Lipinski definition) is 3. The van der Waals surface area contributed by atoms with Gasteiger partial charge in [-0.05, 0) is 51.0 Å². The first-order valence-electron chi connectivity index (χ1n) is 9.59. The third kappa shape index (κ3) is 9.07. The molecule has 1 unspecified atom stereocenters. The minimum Gasteiger partial charge on any atom is -0.330 e. The van der Waals surface area contributed by atoms with Crippen molar-refractivity contribution < 1.29 is 0 Å². The summed E-state index contributed by atoms with van der Waals surface area (Å²) in [7, 11) is 2.19. The van der Waals surface area contributed by atoms with Crippen molar-refractivity contribution in [3.05, 3.63) is 30.1 Å². The molecule has 132 valence electrons. The molecule has 1 aliphatic rings. The van der Waals surface area contributed by atoms with Crippen LogP contribution in [0.4, 0.5) is 0 Å². The summed E-state index contributed by atoms with van der Waals surface area (Å²) in [5.41, 5.74) is 6.75. The zero-order valence-corrected chi connectivity index (χ0v) is 15.3. The number of unbranched alkanes of at least 4 members (excludes halogenated alkanes) is 7. The molecule has 1 aromatic heterocycles. The molecule has 0 spiro atoms. The lowest BCUT2D eigenvalue weighted by atomic mass is 10.1. The molecule has 1 aliphatic heterocycles. The molecule has 2 N–H and O–H groups in total. The summed E-state index contributed by atoms with van der Waals surface area (Å²) < 4.78 is 0. The van der Waals surface area contributed by atoms with Crippen LogP contribution in [0.5, 0.6) is 0 Å². The van der Waals surface area contributed by atoms with Crippen LogP contribution in [0.25, 0.3) is 0 Å². The predicted molar refractivity (Wildman–Crippen MR) is 101 cm³/mol. The average molecular weight is 320 g/mol. The first-order valence-corrected chi connectivity index (χ1v) is 9.59. The van der Waals surface area contributed by atoms with Gasteiger partial charge in [-0.25, -0.2) is 0 Å². The highest BCUT2D eigenvalue weighted by Crippen LogP contribution is 2.29. The molecule has 0 aromatic carbocycles. The Balaban J connectivity index is 0.000000232. The molecule has 0 bridgehead atoms. The van der Waals surface area contributed by atoms with Gasteiger partial charge in [0.05, 0.1) is 0 Å². The molecule has 23 heavy (non-hydrogen) atoms. The Labute approximate surface area is 143 Å². The Bertz CT molecular complexity index is 358. The number of nitrogens with zero attached hydrogens (tertiary/aromatic N) is 2. The van der Waals surface area contributed by atoms with E-state index in [1.54, 1.807) is 0 Å². The molecule has 0 saturated carbocycles. The molecule has 0 radical (unpaired) electrons. The zero-order chi connectivity index (χ0) is 16.8. The Morgan fingerprint density at radius 2 is 1.83 bits per heavy atom. The summed E-state index contributed by atoms with van der Waals surface area (Å²) in [6.45, 7) is 4.35. The molecular formula is C20H37N3. The van der Waals surface area contributed by atoms with Gasteiger partial charge >= 0.3 is 0 Å².